The minimum Gasteiger partial charge on any atom is -0.354 e. The molecule has 154 valence electrons. The van der Waals surface area contributed by atoms with E-state index in [1.807, 2.05) is 37.3 Å². The van der Waals surface area contributed by atoms with E-state index in [9.17, 15) is 4.79 Å². The first kappa shape index (κ1) is 20.2. The van der Waals surface area contributed by atoms with Crippen molar-refractivity contribution in [2.45, 2.75) is 31.3 Å². The summed E-state index contributed by atoms with van der Waals surface area (Å²) in [5.41, 5.74) is 2.17. The zero-order valence-electron chi connectivity index (χ0n) is 17.5. The van der Waals surface area contributed by atoms with Crippen LogP contribution >= 0.6 is 0 Å². The molecule has 0 radical (unpaired) electrons. The van der Waals surface area contributed by atoms with Gasteiger partial charge in [-0.15, -0.1) is 0 Å². The van der Waals surface area contributed by atoms with Gasteiger partial charge in [-0.25, -0.2) is 0 Å². The number of rotatable bonds is 4. The number of ketones is 1. The maximum atomic E-state index is 13.2. The Labute approximate surface area is 173 Å². The van der Waals surface area contributed by atoms with Gasteiger partial charge in [-0.1, -0.05) is 54.6 Å². The molecule has 2 saturated heterocycles. The predicted octanol–water partition coefficient (Wildman–Crippen LogP) is 3.15. The SMILES string of the molecule is COC1OC(C)(c2ccc(-c3ccccc3)cc2)C(=O)CC1N1CCN(C)CC1. The third kappa shape index (κ3) is 4.01. The van der Waals surface area contributed by atoms with Gasteiger partial charge in [-0.2, -0.15) is 0 Å². The first-order chi connectivity index (χ1) is 14.0. The highest BCUT2D eigenvalue weighted by atomic mass is 16.7. The average Bonchev–Trinajstić information content (AvgIpc) is 2.77. The van der Waals surface area contributed by atoms with E-state index in [-0.39, 0.29) is 11.8 Å². The largest absolute Gasteiger partial charge is 0.354 e. The lowest BCUT2D eigenvalue weighted by Gasteiger charge is -2.47. The van der Waals surface area contributed by atoms with Crippen molar-refractivity contribution >= 4 is 5.78 Å². The van der Waals surface area contributed by atoms with Crippen LogP contribution in [0.1, 0.15) is 18.9 Å². The fourth-order valence-electron chi connectivity index (χ4n) is 4.36. The van der Waals surface area contributed by atoms with Crippen molar-refractivity contribution in [2.75, 3.05) is 40.3 Å². The summed E-state index contributed by atoms with van der Waals surface area (Å²) in [5, 5.41) is 0. The number of carbonyl (C=O) groups is 1. The monoisotopic (exact) mass is 394 g/mol. The smallest absolute Gasteiger partial charge is 0.174 e. The zero-order chi connectivity index (χ0) is 20.4. The van der Waals surface area contributed by atoms with Gasteiger partial charge in [-0.05, 0) is 30.7 Å². The Morgan fingerprint density at radius 1 is 0.966 bits per heavy atom. The van der Waals surface area contributed by atoms with Crippen LogP contribution in [0.25, 0.3) is 11.1 Å². The van der Waals surface area contributed by atoms with E-state index in [2.05, 4.69) is 41.1 Å². The van der Waals surface area contributed by atoms with Crippen LogP contribution in [0.3, 0.4) is 0 Å². The first-order valence-corrected chi connectivity index (χ1v) is 10.3. The van der Waals surface area contributed by atoms with Gasteiger partial charge >= 0.3 is 0 Å². The number of piperazine rings is 1. The summed E-state index contributed by atoms with van der Waals surface area (Å²) < 4.78 is 12.0. The molecule has 0 N–H and O–H groups in total. The van der Waals surface area contributed by atoms with Crippen molar-refractivity contribution in [3.05, 3.63) is 60.2 Å². The maximum Gasteiger partial charge on any atom is 0.174 e. The van der Waals surface area contributed by atoms with Gasteiger partial charge in [0.2, 0.25) is 0 Å². The number of methoxy groups -OCH3 is 1. The molecule has 2 aliphatic rings. The third-order valence-corrected chi connectivity index (χ3v) is 6.37. The van der Waals surface area contributed by atoms with Gasteiger partial charge in [0.05, 0.1) is 6.04 Å². The van der Waals surface area contributed by atoms with Crippen molar-refractivity contribution in [2.24, 2.45) is 0 Å². The van der Waals surface area contributed by atoms with Crippen LogP contribution in [0.2, 0.25) is 0 Å². The molecule has 4 rings (SSSR count). The summed E-state index contributed by atoms with van der Waals surface area (Å²) >= 11 is 0. The number of hydrogen-bond acceptors (Lipinski definition) is 5. The number of hydrogen-bond donors (Lipinski definition) is 0. The molecule has 0 aliphatic carbocycles. The number of benzene rings is 2. The lowest BCUT2D eigenvalue weighted by Crippen LogP contribution is -2.60. The van der Waals surface area contributed by atoms with Crippen molar-refractivity contribution in [1.82, 2.24) is 9.80 Å². The molecule has 5 nitrogen and oxygen atoms in total. The topological polar surface area (TPSA) is 42.0 Å². The second-order valence-electron chi connectivity index (χ2n) is 8.23. The normalized spacial score (nSPS) is 29.1. The Morgan fingerprint density at radius 2 is 1.59 bits per heavy atom. The van der Waals surface area contributed by atoms with Crippen molar-refractivity contribution < 1.29 is 14.3 Å². The van der Waals surface area contributed by atoms with Gasteiger partial charge in [0, 0.05) is 39.7 Å². The highest BCUT2D eigenvalue weighted by Crippen LogP contribution is 2.37. The Morgan fingerprint density at radius 3 is 2.21 bits per heavy atom. The molecule has 2 fully saturated rings. The number of likely N-dealkylation sites (N-methyl/N-ethyl adjacent to an activating group) is 1. The molecule has 0 saturated carbocycles. The quantitative estimate of drug-likeness (QED) is 0.797. The van der Waals surface area contributed by atoms with E-state index in [1.165, 1.54) is 0 Å². The van der Waals surface area contributed by atoms with Crippen LogP contribution in [0.4, 0.5) is 0 Å². The van der Waals surface area contributed by atoms with Crippen LogP contribution in [0.5, 0.6) is 0 Å². The van der Waals surface area contributed by atoms with Gasteiger partial charge in [0.15, 0.2) is 17.7 Å². The molecule has 2 aromatic carbocycles. The number of carbonyl (C=O) groups excluding carboxylic acids is 1. The summed E-state index contributed by atoms with van der Waals surface area (Å²) in [6.07, 6.45) is 0.0222. The molecular weight excluding hydrogens is 364 g/mol. The molecule has 0 aromatic heterocycles. The molecule has 3 unspecified atom stereocenters. The zero-order valence-corrected chi connectivity index (χ0v) is 17.5. The second-order valence-corrected chi connectivity index (χ2v) is 8.23. The summed E-state index contributed by atoms with van der Waals surface area (Å²) in [7, 11) is 3.80. The molecule has 0 amide bonds. The summed E-state index contributed by atoms with van der Waals surface area (Å²) in [5.74, 6) is 0.113. The molecule has 0 bridgehead atoms. The van der Waals surface area contributed by atoms with Gasteiger partial charge < -0.3 is 14.4 Å². The van der Waals surface area contributed by atoms with Crippen molar-refractivity contribution in [1.29, 1.82) is 0 Å². The molecular formula is C24H30N2O3. The van der Waals surface area contributed by atoms with Crippen molar-refractivity contribution in [3.8, 4) is 11.1 Å². The second kappa shape index (κ2) is 8.36. The summed E-state index contributed by atoms with van der Waals surface area (Å²) in [6, 6.07) is 18.3. The minimum absolute atomic E-state index is 0.0298. The Balaban J connectivity index is 1.54. The Hall–Kier alpha value is -2.05. The number of ether oxygens (including phenoxy) is 2. The lowest BCUT2D eigenvalue weighted by atomic mass is 9.84. The molecule has 5 heteroatoms. The minimum atomic E-state index is -0.987. The van der Waals surface area contributed by atoms with E-state index >= 15 is 0 Å². The van der Waals surface area contributed by atoms with E-state index in [4.69, 9.17) is 9.47 Å². The predicted molar refractivity (Wildman–Crippen MR) is 114 cm³/mol. The standard InChI is InChI=1S/C24H30N2O3/c1-24(20-11-9-19(10-12-20)18-7-5-4-6-8-18)22(27)17-21(23(28-3)29-24)26-15-13-25(2)14-16-26/h4-12,21,23H,13-17H2,1-3H3. The van der Waals surface area contributed by atoms with E-state index in [0.29, 0.717) is 6.42 Å². The Kier molecular flexibility index (Phi) is 5.83. The lowest BCUT2D eigenvalue weighted by molar-refractivity contribution is -0.243. The van der Waals surface area contributed by atoms with Crippen LogP contribution in [0, 0.1) is 0 Å². The van der Waals surface area contributed by atoms with E-state index < -0.39 is 11.9 Å². The summed E-state index contributed by atoms with van der Waals surface area (Å²) in [4.78, 5) is 17.9. The van der Waals surface area contributed by atoms with Crippen LogP contribution in [0.15, 0.2) is 54.6 Å². The van der Waals surface area contributed by atoms with Crippen LogP contribution in [-0.4, -0.2) is 68.3 Å². The van der Waals surface area contributed by atoms with E-state index in [0.717, 1.165) is 42.9 Å². The fraction of sp³-hybridized carbons (Fsp3) is 0.458. The van der Waals surface area contributed by atoms with Gasteiger partial charge in [-0.3, -0.25) is 9.69 Å². The van der Waals surface area contributed by atoms with E-state index in [1.54, 1.807) is 7.11 Å². The maximum absolute atomic E-state index is 13.2. The molecule has 2 heterocycles. The molecule has 29 heavy (non-hydrogen) atoms. The molecule has 0 spiro atoms. The van der Waals surface area contributed by atoms with Crippen LogP contribution in [-0.2, 0) is 19.9 Å². The van der Waals surface area contributed by atoms with Crippen LogP contribution < -0.4 is 0 Å². The third-order valence-electron chi connectivity index (χ3n) is 6.37. The number of nitrogens with zero attached hydrogens (tertiary/aromatic N) is 2. The Bertz CT molecular complexity index is 831. The fourth-order valence-corrected chi connectivity index (χ4v) is 4.36. The molecule has 2 aromatic rings. The molecule has 2 aliphatic heterocycles. The van der Waals surface area contributed by atoms with Crippen molar-refractivity contribution in [3.63, 3.8) is 0 Å². The first-order valence-electron chi connectivity index (χ1n) is 10.3. The summed E-state index contributed by atoms with van der Waals surface area (Å²) in [6.45, 7) is 5.73. The van der Waals surface area contributed by atoms with Gasteiger partial charge in [0.1, 0.15) is 0 Å². The highest BCUT2D eigenvalue weighted by Gasteiger charge is 2.48. The number of Topliss-reactive ketones (excluding diaryl/α,β-unsaturated/α-hetero) is 1. The highest BCUT2D eigenvalue weighted by molar-refractivity contribution is 5.89. The van der Waals surface area contributed by atoms with Gasteiger partial charge in [0.25, 0.3) is 0 Å². The average molecular weight is 395 g/mol. The molecule has 3 atom stereocenters.